The Morgan fingerprint density at radius 1 is 1.17 bits per heavy atom. The van der Waals surface area contributed by atoms with Crippen LogP contribution in [-0.2, 0) is 29.4 Å². The number of imidazole rings is 1. The molecule has 2 aromatic rings. The fourth-order valence-corrected chi connectivity index (χ4v) is 3.86. The molecule has 1 aromatic carbocycles. The third kappa shape index (κ3) is 3.64. The van der Waals surface area contributed by atoms with Gasteiger partial charge in [0.2, 0.25) is 10.0 Å². The third-order valence-electron chi connectivity index (χ3n) is 4.29. The van der Waals surface area contributed by atoms with E-state index in [1.54, 1.807) is 12.1 Å². The Balaban J connectivity index is 1.69. The van der Waals surface area contributed by atoms with Gasteiger partial charge in [-0.15, -0.1) is 0 Å². The van der Waals surface area contributed by atoms with Crippen LogP contribution in [0.25, 0.3) is 0 Å². The molecule has 0 aliphatic heterocycles. The Hall–Kier alpha value is -1.66. The highest BCUT2D eigenvalue weighted by Crippen LogP contribution is 2.19. The van der Waals surface area contributed by atoms with E-state index >= 15 is 0 Å². The van der Waals surface area contributed by atoms with Gasteiger partial charge >= 0.3 is 0 Å². The van der Waals surface area contributed by atoms with E-state index < -0.39 is 10.0 Å². The number of hydrogen-bond donors (Lipinski definition) is 2. The summed E-state index contributed by atoms with van der Waals surface area (Å²) >= 11 is 0. The molecule has 0 saturated carbocycles. The second-order valence-electron chi connectivity index (χ2n) is 6.36. The predicted octanol–water partition coefficient (Wildman–Crippen LogP) is 2.89. The minimum absolute atomic E-state index is 0.196. The summed E-state index contributed by atoms with van der Waals surface area (Å²) in [6.45, 7) is 4.36. The Morgan fingerprint density at radius 2 is 1.87 bits per heavy atom. The van der Waals surface area contributed by atoms with Gasteiger partial charge in [0.1, 0.15) is 5.82 Å². The van der Waals surface area contributed by atoms with Crippen LogP contribution >= 0.6 is 0 Å². The normalized spacial score (nSPS) is 14.9. The Kier molecular flexibility index (Phi) is 4.55. The maximum absolute atomic E-state index is 12.4. The lowest BCUT2D eigenvalue weighted by Crippen LogP contribution is -2.23. The number of hydrogen-bond acceptors (Lipinski definition) is 3. The van der Waals surface area contributed by atoms with Gasteiger partial charge in [-0.2, -0.15) is 0 Å². The molecule has 2 N–H and O–H groups in total. The lowest BCUT2D eigenvalue weighted by atomic mass is 10.0. The number of H-pyrrole nitrogens is 1. The average molecular weight is 333 g/mol. The zero-order valence-electron chi connectivity index (χ0n) is 13.6. The zero-order chi connectivity index (χ0) is 16.4. The van der Waals surface area contributed by atoms with Gasteiger partial charge in [0.25, 0.3) is 0 Å². The maximum Gasteiger partial charge on any atom is 0.240 e. The van der Waals surface area contributed by atoms with Crippen LogP contribution in [0.1, 0.15) is 55.4 Å². The molecule has 0 amide bonds. The number of fused-ring (bicyclic) bond motifs is 1. The Morgan fingerprint density at radius 3 is 2.52 bits per heavy atom. The van der Waals surface area contributed by atoms with Crippen molar-refractivity contribution in [1.82, 2.24) is 14.7 Å². The largest absolute Gasteiger partial charge is 0.345 e. The number of nitrogens with one attached hydrogen (secondary N) is 2. The highest BCUT2D eigenvalue weighted by Gasteiger charge is 2.17. The van der Waals surface area contributed by atoms with Crippen molar-refractivity contribution in [1.29, 1.82) is 0 Å². The van der Waals surface area contributed by atoms with Crippen molar-refractivity contribution in [2.75, 3.05) is 0 Å². The van der Waals surface area contributed by atoms with Crippen molar-refractivity contribution in [2.24, 2.45) is 0 Å². The summed E-state index contributed by atoms with van der Waals surface area (Å²) in [5, 5.41) is 0. The van der Waals surface area contributed by atoms with Crippen LogP contribution in [-0.4, -0.2) is 18.4 Å². The molecule has 0 bridgehead atoms. The SMILES string of the molecule is CC(C)c1ccc(S(=O)(=O)NCc2nc3c([nH]2)CCCC3)cc1. The van der Waals surface area contributed by atoms with E-state index in [9.17, 15) is 8.42 Å². The fourth-order valence-electron chi connectivity index (χ4n) is 2.87. The summed E-state index contributed by atoms with van der Waals surface area (Å²) in [5.74, 6) is 1.08. The van der Waals surface area contributed by atoms with Crippen LogP contribution in [0.2, 0.25) is 0 Å². The summed E-state index contributed by atoms with van der Waals surface area (Å²) in [6.07, 6.45) is 4.31. The number of benzene rings is 1. The van der Waals surface area contributed by atoms with Gasteiger partial charge in [-0.3, -0.25) is 0 Å². The number of rotatable bonds is 5. The number of nitrogens with zero attached hydrogens (tertiary/aromatic N) is 1. The van der Waals surface area contributed by atoms with Gasteiger partial charge in [0, 0.05) is 5.69 Å². The Labute approximate surface area is 137 Å². The molecule has 1 aliphatic carbocycles. The first-order chi connectivity index (χ1) is 11.0. The first-order valence-electron chi connectivity index (χ1n) is 8.12. The van der Waals surface area contributed by atoms with Gasteiger partial charge in [-0.25, -0.2) is 18.1 Å². The van der Waals surface area contributed by atoms with Gasteiger partial charge in [-0.05, 0) is 49.3 Å². The van der Waals surface area contributed by atoms with E-state index in [4.69, 9.17) is 0 Å². The molecule has 23 heavy (non-hydrogen) atoms. The van der Waals surface area contributed by atoms with Gasteiger partial charge < -0.3 is 4.98 Å². The van der Waals surface area contributed by atoms with Crippen molar-refractivity contribution in [3.8, 4) is 0 Å². The van der Waals surface area contributed by atoms with Crippen LogP contribution in [0, 0.1) is 0 Å². The van der Waals surface area contributed by atoms with Crippen LogP contribution in [0.3, 0.4) is 0 Å². The third-order valence-corrected chi connectivity index (χ3v) is 5.71. The summed E-state index contributed by atoms with van der Waals surface area (Å²) in [6, 6.07) is 7.05. The first kappa shape index (κ1) is 16.2. The van der Waals surface area contributed by atoms with E-state index in [2.05, 4.69) is 28.5 Å². The highest BCUT2D eigenvalue weighted by atomic mass is 32.2. The quantitative estimate of drug-likeness (QED) is 0.883. The molecule has 1 aliphatic rings. The molecule has 0 unspecified atom stereocenters. The van der Waals surface area contributed by atoms with E-state index in [-0.39, 0.29) is 6.54 Å². The van der Waals surface area contributed by atoms with Crippen molar-refractivity contribution in [2.45, 2.75) is 56.9 Å². The van der Waals surface area contributed by atoms with Gasteiger partial charge in [0.15, 0.2) is 0 Å². The van der Waals surface area contributed by atoms with E-state index in [1.807, 2.05) is 12.1 Å². The lowest BCUT2D eigenvalue weighted by Gasteiger charge is -2.08. The lowest BCUT2D eigenvalue weighted by molar-refractivity contribution is 0.579. The topological polar surface area (TPSA) is 74.8 Å². The molecule has 5 nitrogen and oxygen atoms in total. The second kappa shape index (κ2) is 6.45. The van der Waals surface area contributed by atoms with Crippen LogP contribution in [0.15, 0.2) is 29.2 Å². The van der Waals surface area contributed by atoms with Crippen LogP contribution in [0.4, 0.5) is 0 Å². The number of sulfonamides is 1. The summed E-state index contributed by atoms with van der Waals surface area (Å²) in [7, 11) is -3.51. The Bertz CT molecular complexity index is 753. The first-order valence-corrected chi connectivity index (χ1v) is 9.60. The molecular formula is C17H23N3O2S. The molecular weight excluding hydrogens is 310 g/mol. The minimum Gasteiger partial charge on any atom is -0.345 e. The maximum atomic E-state index is 12.4. The van der Waals surface area contributed by atoms with Gasteiger partial charge in [-0.1, -0.05) is 26.0 Å². The molecule has 1 aromatic heterocycles. The van der Waals surface area contributed by atoms with Crippen molar-refractivity contribution < 1.29 is 8.42 Å². The fraction of sp³-hybridized carbons (Fsp3) is 0.471. The minimum atomic E-state index is -3.51. The summed E-state index contributed by atoms with van der Waals surface area (Å²) in [5.41, 5.74) is 3.38. The van der Waals surface area contributed by atoms with Gasteiger partial charge in [0.05, 0.1) is 17.1 Å². The smallest absolute Gasteiger partial charge is 0.240 e. The molecule has 124 valence electrons. The van der Waals surface area contributed by atoms with Crippen LogP contribution < -0.4 is 4.72 Å². The average Bonchev–Trinajstić information content (AvgIpc) is 2.96. The highest BCUT2D eigenvalue weighted by molar-refractivity contribution is 7.89. The van der Waals surface area contributed by atoms with Crippen LogP contribution in [0.5, 0.6) is 0 Å². The van der Waals surface area contributed by atoms with Crippen molar-refractivity contribution in [3.05, 3.63) is 47.0 Å². The molecule has 0 radical (unpaired) electrons. The predicted molar refractivity (Wildman–Crippen MR) is 89.8 cm³/mol. The molecule has 1 heterocycles. The standard InChI is InChI=1S/C17H23N3O2S/c1-12(2)13-7-9-14(10-8-13)23(21,22)18-11-17-19-15-5-3-4-6-16(15)20-17/h7-10,12,18H,3-6,11H2,1-2H3,(H,19,20). The summed E-state index contributed by atoms with van der Waals surface area (Å²) < 4.78 is 27.4. The molecule has 0 fully saturated rings. The van der Waals surface area contributed by atoms with E-state index in [0.29, 0.717) is 16.6 Å². The number of aromatic amines is 1. The molecule has 0 spiro atoms. The van der Waals surface area contributed by atoms with E-state index in [0.717, 1.165) is 36.2 Å². The molecule has 6 heteroatoms. The number of aromatic nitrogens is 2. The molecule has 0 atom stereocenters. The van der Waals surface area contributed by atoms with Crippen molar-refractivity contribution >= 4 is 10.0 Å². The monoisotopic (exact) mass is 333 g/mol. The molecule has 3 rings (SSSR count). The van der Waals surface area contributed by atoms with E-state index in [1.165, 1.54) is 6.42 Å². The zero-order valence-corrected chi connectivity index (χ0v) is 14.4. The summed E-state index contributed by atoms with van der Waals surface area (Å²) in [4.78, 5) is 8.04. The van der Waals surface area contributed by atoms with Crippen molar-refractivity contribution in [3.63, 3.8) is 0 Å². The molecule has 0 saturated heterocycles. The number of aryl methyl sites for hydroxylation is 2. The second-order valence-corrected chi connectivity index (χ2v) is 8.13.